The fraction of sp³-hybridized carbons (Fsp3) is 0.583. The van der Waals surface area contributed by atoms with Gasteiger partial charge in [0.2, 0.25) is 23.6 Å². The van der Waals surface area contributed by atoms with Crippen LogP contribution in [0, 0.1) is 5.92 Å². The summed E-state index contributed by atoms with van der Waals surface area (Å²) in [7, 11) is -6.85. The van der Waals surface area contributed by atoms with Gasteiger partial charge in [0.15, 0.2) is 0 Å². The number of phosphoric acid groups is 2. The van der Waals surface area contributed by atoms with Crippen LogP contribution in [0.5, 0.6) is 0 Å². The van der Waals surface area contributed by atoms with Crippen LogP contribution in [0.2, 0.25) is 10.0 Å². The smallest absolute Gasteiger partial charge is 0.267 e. The van der Waals surface area contributed by atoms with Crippen LogP contribution in [0.1, 0.15) is 226 Å². The molecule has 524 valence electrons. The van der Waals surface area contributed by atoms with Gasteiger partial charge >= 0.3 is 0 Å². The number of fused-ring (bicyclic) bond motifs is 2. The summed E-state index contributed by atoms with van der Waals surface area (Å²) in [4.78, 5) is 103. The van der Waals surface area contributed by atoms with Crippen LogP contribution in [0.4, 0.5) is 5.69 Å². The van der Waals surface area contributed by atoms with Crippen LogP contribution >= 0.6 is 38.8 Å². The lowest BCUT2D eigenvalue weighted by atomic mass is 9.76. The molecule has 1 aliphatic heterocycles. The Bertz CT molecular complexity index is 3160. The molecular formula is C72H101Cl2N5O14P2-2. The number of rotatable bonds is 48. The summed E-state index contributed by atoms with van der Waals surface area (Å²) in [5.74, 6) is -0.414. The second-order valence-electron chi connectivity index (χ2n) is 25.5. The number of likely N-dealkylation sites (N-methyl/N-ethyl adjacent to an activating group) is 1. The Balaban J connectivity index is 0.654. The van der Waals surface area contributed by atoms with E-state index in [-0.39, 0.29) is 118 Å². The average molecular weight is 1390 g/mol. The molecule has 4 amide bonds. The number of Topliss-reactive ketones (excluding diaryl/α,β-unsaturated/α-hetero) is 2. The fourth-order valence-electron chi connectivity index (χ4n) is 12.1. The van der Waals surface area contributed by atoms with E-state index in [1.807, 2.05) is 61.5 Å². The van der Waals surface area contributed by atoms with Gasteiger partial charge in [-0.15, -0.1) is 0 Å². The summed E-state index contributed by atoms with van der Waals surface area (Å²) in [5.41, 5.74) is 8.91. The van der Waals surface area contributed by atoms with Crippen molar-refractivity contribution in [2.45, 2.75) is 212 Å². The van der Waals surface area contributed by atoms with Gasteiger partial charge < -0.3 is 54.0 Å². The Labute approximate surface area is 573 Å². The Morgan fingerprint density at radius 3 is 1.56 bits per heavy atom. The molecular weight excluding hydrogens is 1290 g/mol. The van der Waals surface area contributed by atoms with Gasteiger partial charge in [-0.2, -0.15) is 0 Å². The maximum Gasteiger partial charge on any atom is 0.267 e. The van der Waals surface area contributed by atoms with Gasteiger partial charge in [-0.05, 0) is 141 Å². The lowest BCUT2D eigenvalue weighted by molar-refractivity contribution is -0.227. The summed E-state index contributed by atoms with van der Waals surface area (Å²) in [6.45, 7) is 4.10. The average Bonchev–Trinajstić information content (AvgIpc) is 0.797. The molecule has 0 saturated heterocycles. The number of halogens is 2. The van der Waals surface area contributed by atoms with Gasteiger partial charge in [0.25, 0.3) is 15.6 Å². The molecule has 3 unspecified atom stereocenters. The zero-order valence-corrected chi connectivity index (χ0v) is 59.1. The first kappa shape index (κ1) is 78.9. The predicted octanol–water partition coefficient (Wildman–Crippen LogP) is 14.5. The van der Waals surface area contributed by atoms with Gasteiger partial charge in [0.05, 0.1) is 42.5 Å². The number of nitrogens with zero attached hydrogens (tertiary/aromatic N) is 1. The molecule has 4 N–H and O–H groups in total. The molecule has 0 aromatic heterocycles. The van der Waals surface area contributed by atoms with Gasteiger partial charge in [-0.25, -0.2) is 0 Å². The maximum absolute atomic E-state index is 12.9. The minimum atomic E-state index is -4.47. The highest BCUT2D eigenvalue weighted by atomic mass is 35.5. The molecule has 0 spiro atoms. The molecule has 95 heavy (non-hydrogen) atoms. The van der Waals surface area contributed by atoms with Crippen molar-refractivity contribution < 1.29 is 65.8 Å². The van der Waals surface area contributed by atoms with E-state index in [4.69, 9.17) is 41.3 Å². The third-order valence-electron chi connectivity index (χ3n) is 17.5. The minimum absolute atomic E-state index is 0.0220. The molecule has 0 saturated carbocycles. The number of carbonyl (C=O) groups is 6. The minimum Gasteiger partial charge on any atom is -0.756 e. The number of anilines is 1. The van der Waals surface area contributed by atoms with Gasteiger partial charge in [-0.3, -0.25) is 37.9 Å². The Hall–Kier alpha value is -5.14. The number of amides is 4. The van der Waals surface area contributed by atoms with E-state index in [2.05, 4.69) is 63.5 Å². The molecule has 4 aromatic carbocycles. The Kier molecular flexibility index (Phi) is 35.9. The van der Waals surface area contributed by atoms with Crippen LogP contribution in [0.25, 0.3) is 11.1 Å². The number of benzene rings is 4. The van der Waals surface area contributed by atoms with Crippen molar-refractivity contribution in [3.05, 3.63) is 123 Å². The third kappa shape index (κ3) is 30.7. The van der Waals surface area contributed by atoms with E-state index in [0.29, 0.717) is 74.5 Å². The van der Waals surface area contributed by atoms with E-state index in [9.17, 15) is 47.7 Å². The van der Waals surface area contributed by atoms with Crippen LogP contribution in [-0.2, 0) is 69.0 Å². The molecule has 2 aliphatic rings. The first-order valence-electron chi connectivity index (χ1n) is 34.5. The second-order valence-corrected chi connectivity index (χ2v) is 29.1. The second kappa shape index (κ2) is 43.3. The van der Waals surface area contributed by atoms with E-state index in [1.54, 1.807) is 0 Å². The standard InChI is InChI=1S/C72H103Cl2N5O14P2/c1-54(52-76-70(83)33-21-25-49-93-95(88,89)91-47-23-12-8-4-6-10-17-29-58(81)36-43-72(85)78-68-41-37-59(55-26-14-13-15-27-55)62-44-45-79(2)53-64(62)68)51-75-69(82)32-20-24-48-92-94(86,87)90-46-22-11-7-3-5-9-16-28-57(80)35-42-71(84)77-67-40-38-60(61-30-18-19-31-63(61)67)56-34-39-65(73)66(74)50-56/h13-15,18-19,26-27,30-31,34,37,39,41,50,54,60,67H,3-12,16-17,20-25,28-29,32-33,35-36,38,40,42-49,51-53H2,1-2H3,(H,75,82)(H,76,83)(H,77,84)(H,78,85)(H,86,87)(H,88,89)/p-2/t54?,60-,67-/m0/s1. The van der Waals surface area contributed by atoms with Crippen molar-refractivity contribution >= 4 is 79.7 Å². The summed E-state index contributed by atoms with van der Waals surface area (Å²) < 4.78 is 44.5. The maximum atomic E-state index is 12.9. The SMILES string of the molecule is CC(CNC(=O)CCCCOP(=O)([O-])OCCCCCCCCCC(=O)CCC(=O)Nc1ccc(-c2ccccc2)c2c1CN(C)CC2)CNC(=O)CCCCOP(=O)([O-])OCCCCCCCCCC(=O)CCC(=O)N[C@H]1CC[C@@H](c2ccc(Cl)c(Cl)c2)c2ccccc21. The van der Waals surface area contributed by atoms with Crippen molar-refractivity contribution in [2.75, 3.05) is 58.4 Å². The highest BCUT2D eigenvalue weighted by Gasteiger charge is 2.30. The number of hydrogen-bond donors (Lipinski definition) is 4. The molecule has 6 rings (SSSR count). The molecule has 19 nitrogen and oxygen atoms in total. The van der Waals surface area contributed by atoms with Crippen LogP contribution in [0.15, 0.2) is 84.9 Å². The van der Waals surface area contributed by atoms with E-state index >= 15 is 0 Å². The molecule has 4 aromatic rings. The number of unbranched alkanes of at least 4 members (excludes halogenated alkanes) is 14. The highest BCUT2D eigenvalue weighted by Crippen LogP contribution is 2.43. The number of nitrogens with one attached hydrogen (secondary N) is 4. The van der Waals surface area contributed by atoms with Crippen LogP contribution in [0.3, 0.4) is 0 Å². The first-order valence-corrected chi connectivity index (χ1v) is 38.2. The first-order chi connectivity index (χ1) is 45.8. The molecule has 0 bridgehead atoms. The Morgan fingerprint density at radius 1 is 0.526 bits per heavy atom. The number of ketones is 2. The molecule has 0 fully saturated rings. The quantitative estimate of drug-likeness (QED) is 0.0236. The highest BCUT2D eigenvalue weighted by molar-refractivity contribution is 7.46. The zero-order chi connectivity index (χ0) is 68.3. The van der Waals surface area contributed by atoms with Crippen molar-refractivity contribution in [3.63, 3.8) is 0 Å². The summed E-state index contributed by atoms with van der Waals surface area (Å²) in [5, 5.41) is 12.9. The largest absolute Gasteiger partial charge is 0.756 e. The number of hydrogen-bond acceptors (Lipinski definition) is 15. The molecule has 5 atom stereocenters. The van der Waals surface area contributed by atoms with Gasteiger partial charge in [0.1, 0.15) is 11.6 Å². The molecule has 1 aliphatic carbocycles. The summed E-state index contributed by atoms with van der Waals surface area (Å²) >= 11 is 12.5. The van der Waals surface area contributed by atoms with Crippen LogP contribution in [-0.4, -0.2) is 93.2 Å². The molecule has 1 heterocycles. The van der Waals surface area contributed by atoms with Crippen LogP contribution < -0.4 is 31.1 Å². The van der Waals surface area contributed by atoms with E-state index in [0.717, 1.165) is 143 Å². The van der Waals surface area contributed by atoms with Crippen molar-refractivity contribution in [2.24, 2.45) is 5.92 Å². The van der Waals surface area contributed by atoms with Gasteiger partial charge in [-0.1, -0.05) is 161 Å². The summed E-state index contributed by atoms with van der Waals surface area (Å²) in [6, 6.07) is 28.1. The lowest BCUT2D eigenvalue weighted by Gasteiger charge is -2.32. The van der Waals surface area contributed by atoms with E-state index < -0.39 is 15.6 Å². The lowest BCUT2D eigenvalue weighted by Crippen LogP contribution is -2.35. The van der Waals surface area contributed by atoms with Gasteiger partial charge in [0, 0.05) is 89.2 Å². The zero-order valence-electron chi connectivity index (χ0n) is 55.8. The fourth-order valence-corrected chi connectivity index (χ4v) is 13.9. The monoisotopic (exact) mass is 1390 g/mol. The number of phosphoric ester groups is 2. The molecule has 23 heteroatoms. The van der Waals surface area contributed by atoms with E-state index in [1.165, 1.54) is 11.1 Å². The van der Waals surface area contributed by atoms with Crippen molar-refractivity contribution in [1.82, 2.24) is 20.9 Å². The normalized spacial score (nSPS) is 16.1. The summed E-state index contributed by atoms with van der Waals surface area (Å²) in [6.07, 6.45) is 17.7. The van der Waals surface area contributed by atoms with Crippen molar-refractivity contribution in [3.8, 4) is 11.1 Å². The topological polar surface area (TPSA) is 271 Å². The molecule has 0 radical (unpaired) electrons. The number of carbonyl (C=O) groups excluding carboxylic acids is 6. The Morgan fingerprint density at radius 2 is 1.01 bits per heavy atom. The predicted molar refractivity (Wildman–Crippen MR) is 370 cm³/mol. The third-order valence-corrected chi connectivity index (χ3v) is 20.2. The van der Waals surface area contributed by atoms with Crippen molar-refractivity contribution in [1.29, 1.82) is 0 Å².